The first-order valence-corrected chi connectivity index (χ1v) is 6.30. The number of hydrogen-bond acceptors (Lipinski definition) is 2. The minimum atomic E-state index is -0.303. The van der Waals surface area contributed by atoms with Crippen LogP contribution in [0.25, 0.3) is 0 Å². The molecule has 2 rings (SSSR count). The van der Waals surface area contributed by atoms with Gasteiger partial charge in [-0.05, 0) is 30.5 Å². The standard InChI is InChI=1S/C14H21FN2/c1-11-3-4-13(9-12(11)2)14(10-15)17-7-5-16-6-8-17/h3-4,9,14,16H,5-8,10H2,1-2H3/t14-/m0/s1. The van der Waals surface area contributed by atoms with Gasteiger partial charge in [-0.1, -0.05) is 18.2 Å². The predicted octanol–water partition coefficient (Wildman–Crippen LogP) is 2.22. The predicted molar refractivity (Wildman–Crippen MR) is 69.1 cm³/mol. The fourth-order valence-corrected chi connectivity index (χ4v) is 2.36. The highest BCUT2D eigenvalue weighted by atomic mass is 19.1. The largest absolute Gasteiger partial charge is 0.314 e. The van der Waals surface area contributed by atoms with Crippen LogP contribution in [-0.4, -0.2) is 37.8 Å². The maximum absolute atomic E-state index is 13.3. The van der Waals surface area contributed by atoms with Gasteiger partial charge in [-0.2, -0.15) is 0 Å². The highest BCUT2D eigenvalue weighted by Gasteiger charge is 2.22. The quantitative estimate of drug-likeness (QED) is 0.865. The summed E-state index contributed by atoms with van der Waals surface area (Å²) >= 11 is 0. The minimum Gasteiger partial charge on any atom is -0.314 e. The summed E-state index contributed by atoms with van der Waals surface area (Å²) in [5.41, 5.74) is 3.63. The van der Waals surface area contributed by atoms with Crippen LogP contribution in [0.3, 0.4) is 0 Å². The van der Waals surface area contributed by atoms with Crippen molar-refractivity contribution in [2.24, 2.45) is 0 Å². The average Bonchev–Trinajstić information content (AvgIpc) is 2.36. The molecule has 0 bridgehead atoms. The molecule has 1 heterocycles. The van der Waals surface area contributed by atoms with E-state index in [-0.39, 0.29) is 12.7 Å². The lowest BCUT2D eigenvalue weighted by Crippen LogP contribution is -2.45. The zero-order chi connectivity index (χ0) is 12.3. The number of rotatable bonds is 3. The molecule has 1 atom stereocenters. The van der Waals surface area contributed by atoms with Gasteiger partial charge in [0.15, 0.2) is 0 Å². The van der Waals surface area contributed by atoms with E-state index in [1.807, 2.05) is 0 Å². The van der Waals surface area contributed by atoms with Crippen LogP contribution < -0.4 is 5.32 Å². The van der Waals surface area contributed by atoms with E-state index in [4.69, 9.17) is 0 Å². The summed E-state index contributed by atoms with van der Waals surface area (Å²) in [4.78, 5) is 2.24. The van der Waals surface area contributed by atoms with E-state index in [1.54, 1.807) is 0 Å². The SMILES string of the molecule is Cc1ccc([C@H](CF)N2CCNCC2)cc1C. The molecule has 0 spiro atoms. The first kappa shape index (κ1) is 12.5. The second-order valence-corrected chi connectivity index (χ2v) is 4.80. The number of nitrogens with one attached hydrogen (secondary N) is 1. The first-order chi connectivity index (χ1) is 8.22. The third kappa shape index (κ3) is 2.85. The molecule has 1 saturated heterocycles. The number of halogens is 1. The van der Waals surface area contributed by atoms with Gasteiger partial charge >= 0.3 is 0 Å². The highest BCUT2D eigenvalue weighted by Crippen LogP contribution is 2.23. The summed E-state index contributed by atoms with van der Waals surface area (Å²) in [7, 11) is 0. The lowest BCUT2D eigenvalue weighted by Gasteiger charge is -2.33. The van der Waals surface area contributed by atoms with E-state index in [2.05, 4.69) is 42.3 Å². The van der Waals surface area contributed by atoms with Gasteiger partial charge in [0.25, 0.3) is 0 Å². The van der Waals surface area contributed by atoms with Gasteiger partial charge < -0.3 is 5.32 Å². The molecule has 0 amide bonds. The number of nitrogens with zero attached hydrogens (tertiary/aromatic N) is 1. The number of aryl methyl sites for hydroxylation is 2. The molecule has 1 aliphatic heterocycles. The Balaban J connectivity index is 2.18. The zero-order valence-electron chi connectivity index (χ0n) is 10.7. The molecular formula is C14H21FN2. The molecule has 1 fully saturated rings. The Bertz CT molecular complexity index is 372. The third-order valence-electron chi connectivity index (χ3n) is 3.65. The van der Waals surface area contributed by atoms with E-state index in [9.17, 15) is 4.39 Å². The monoisotopic (exact) mass is 236 g/mol. The molecule has 3 heteroatoms. The van der Waals surface area contributed by atoms with Crippen LogP contribution in [0.5, 0.6) is 0 Å². The van der Waals surface area contributed by atoms with Crippen molar-refractivity contribution in [1.82, 2.24) is 10.2 Å². The number of hydrogen-bond donors (Lipinski definition) is 1. The topological polar surface area (TPSA) is 15.3 Å². The summed E-state index contributed by atoms with van der Waals surface area (Å²) in [5, 5.41) is 3.30. The first-order valence-electron chi connectivity index (χ1n) is 6.30. The minimum absolute atomic E-state index is 0.0728. The second-order valence-electron chi connectivity index (χ2n) is 4.80. The van der Waals surface area contributed by atoms with Crippen LogP contribution in [0.15, 0.2) is 18.2 Å². The molecule has 1 aromatic rings. The number of benzene rings is 1. The molecule has 94 valence electrons. The summed E-state index contributed by atoms with van der Waals surface area (Å²) in [6, 6.07) is 6.21. The van der Waals surface area contributed by atoms with Gasteiger partial charge in [0.2, 0.25) is 0 Å². The van der Waals surface area contributed by atoms with E-state index in [0.29, 0.717) is 0 Å². The Morgan fingerprint density at radius 3 is 2.53 bits per heavy atom. The van der Waals surface area contributed by atoms with Gasteiger partial charge in [0.1, 0.15) is 6.67 Å². The molecule has 17 heavy (non-hydrogen) atoms. The Morgan fingerprint density at radius 2 is 1.94 bits per heavy atom. The molecule has 1 aliphatic rings. The van der Waals surface area contributed by atoms with Crippen LogP contribution in [-0.2, 0) is 0 Å². The summed E-state index contributed by atoms with van der Waals surface area (Å²) in [6.07, 6.45) is 0. The molecule has 0 aliphatic carbocycles. The molecule has 2 nitrogen and oxygen atoms in total. The Morgan fingerprint density at radius 1 is 1.24 bits per heavy atom. The van der Waals surface area contributed by atoms with Gasteiger partial charge in [-0.15, -0.1) is 0 Å². The summed E-state index contributed by atoms with van der Waals surface area (Å²) < 4.78 is 13.3. The fourth-order valence-electron chi connectivity index (χ4n) is 2.36. The second kappa shape index (κ2) is 5.61. The molecule has 0 unspecified atom stereocenters. The maximum atomic E-state index is 13.3. The van der Waals surface area contributed by atoms with Crippen molar-refractivity contribution in [3.8, 4) is 0 Å². The van der Waals surface area contributed by atoms with Crippen molar-refractivity contribution in [3.63, 3.8) is 0 Å². The molecule has 0 aromatic heterocycles. The Kier molecular flexibility index (Phi) is 4.13. The lowest BCUT2D eigenvalue weighted by atomic mass is 10.0. The normalized spacial score (nSPS) is 19.2. The highest BCUT2D eigenvalue weighted by molar-refractivity contribution is 5.31. The van der Waals surface area contributed by atoms with E-state index in [1.165, 1.54) is 11.1 Å². The van der Waals surface area contributed by atoms with Crippen LogP contribution in [0, 0.1) is 13.8 Å². The number of piperazine rings is 1. The molecular weight excluding hydrogens is 215 g/mol. The van der Waals surface area contributed by atoms with E-state index >= 15 is 0 Å². The van der Waals surface area contributed by atoms with Gasteiger partial charge in [0.05, 0.1) is 6.04 Å². The van der Waals surface area contributed by atoms with Gasteiger partial charge in [-0.25, -0.2) is 4.39 Å². The average molecular weight is 236 g/mol. The fraction of sp³-hybridized carbons (Fsp3) is 0.571. The maximum Gasteiger partial charge on any atom is 0.109 e. The van der Waals surface area contributed by atoms with Gasteiger partial charge in [0, 0.05) is 26.2 Å². The number of alkyl halides is 1. The van der Waals surface area contributed by atoms with Crippen molar-refractivity contribution < 1.29 is 4.39 Å². The molecule has 1 aromatic carbocycles. The van der Waals surface area contributed by atoms with Crippen molar-refractivity contribution in [3.05, 3.63) is 34.9 Å². The van der Waals surface area contributed by atoms with Crippen molar-refractivity contribution in [2.75, 3.05) is 32.9 Å². The van der Waals surface area contributed by atoms with Crippen molar-refractivity contribution in [2.45, 2.75) is 19.9 Å². The Hall–Kier alpha value is -0.930. The van der Waals surface area contributed by atoms with E-state index in [0.717, 1.165) is 31.7 Å². The van der Waals surface area contributed by atoms with Crippen LogP contribution in [0.1, 0.15) is 22.7 Å². The van der Waals surface area contributed by atoms with E-state index < -0.39 is 0 Å². The zero-order valence-corrected chi connectivity index (χ0v) is 10.7. The van der Waals surface area contributed by atoms with Crippen LogP contribution in [0.4, 0.5) is 4.39 Å². The summed E-state index contributed by atoms with van der Waals surface area (Å²) in [6.45, 7) is 7.66. The Labute approximate surface area is 103 Å². The van der Waals surface area contributed by atoms with Gasteiger partial charge in [-0.3, -0.25) is 4.90 Å². The van der Waals surface area contributed by atoms with Crippen molar-refractivity contribution in [1.29, 1.82) is 0 Å². The van der Waals surface area contributed by atoms with Crippen LogP contribution in [0.2, 0.25) is 0 Å². The molecule has 0 radical (unpaired) electrons. The lowest BCUT2D eigenvalue weighted by molar-refractivity contribution is 0.147. The summed E-state index contributed by atoms with van der Waals surface area (Å²) in [5.74, 6) is 0. The van der Waals surface area contributed by atoms with Crippen molar-refractivity contribution >= 4 is 0 Å². The third-order valence-corrected chi connectivity index (χ3v) is 3.65. The molecule has 1 N–H and O–H groups in total. The molecule has 0 saturated carbocycles. The van der Waals surface area contributed by atoms with Crippen LogP contribution >= 0.6 is 0 Å². The smallest absolute Gasteiger partial charge is 0.109 e.